The number of fused-ring (bicyclic) bond motifs is 3. The fourth-order valence-electron chi connectivity index (χ4n) is 4.84. The monoisotopic (exact) mass is 472 g/mol. The lowest BCUT2D eigenvalue weighted by molar-refractivity contribution is -0.310. The average Bonchev–Trinajstić information content (AvgIpc) is 3.28. The highest BCUT2D eigenvalue weighted by Gasteiger charge is 2.60. The number of hydrogen-bond donors (Lipinski definition) is 1. The van der Waals surface area contributed by atoms with Crippen molar-refractivity contribution in [2.45, 2.75) is 63.1 Å². The second-order valence-corrected chi connectivity index (χ2v) is 9.22. The Morgan fingerprint density at radius 2 is 2.06 bits per heavy atom. The third kappa shape index (κ3) is 4.26. The lowest BCUT2D eigenvalue weighted by Gasteiger charge is -2.42. The van der Waals surface area contributed by atoms with Gasteiger partial charge in [0, 0.05) is 38.0 Å². The number of hydrogen-bond acceptors (Lipinski definition) is 9. The van der Waals surface area contributed by atoms with Crippen LogP contribution in [0.15, 0.2) is 47.2 Å². The highest BCUT2D eigenvalue weighted by atomic mass is 16.7. The van der Waals surface area contributed by atoms with Crippen LogP contribution in [0.4, 0.5) is 0 Å². The third-order valence-electron chi connectivity index (χ3n) is 6.57. The van der Waals surface area contributed by atoms with E-state index in [0.29, 0.717) is 36.0 Å². The molecule has 1 saturated heterocycles. The highest BCUT2D eigenvalue weighted by Crippen LogP contribution is 2.50. The average molecular weight is 472 g/mol. The van der Waals surface area contributed by atoms with E-state index in [1.54, 1.807) is 37.3 Å². The van der Waals surface area contributed by atoms with Crippen LogP contribution < -0.4 is 4.74 Å². The van der Waals surface area contributed by atoms with E-state index in [9.17, 15) is 19.5 Å². The molecule has 1 N–H and O–H groups in total. The largest absolute Gasteiger partial charge is 0.489 e. The maximum atomic E-state index is 12.9. The molecule has 34 heavy (non-hydrogen) atoms. The van der Waals surface area contributed by atoms with E-state index < -0.39 is 35.0 Å². The van der Waals surface area contributed by atoms with Crippen LogP contribution >= 0.6 is 0 Å². The van der Waals surface area contributed by atoms with E-state index in [1.165, 1.54) is 14.0 Å². The molecular weight excluding hydrogens is 444 g/mol. The first kappa shape index (κ1) is 24.1. The van der Waals surface area contributed by atoms with Gasteiger partial charge in [0.25, 0.3) is 0 Å². The van der Waals surface area contributed by atoms with Gasteiger partial charge in [-0.25, -0.2) is 4.79 Å². The molecule has 182 valence electrons. The fourth-order valence-corrected chi connectivity index (χ4v) is 4.84. The Hall–Kier alpha value is -3.01. The molecule has 1 aromatic rings. The molecule has 9 heteroatoms. The van der Waals surface area contributed by atoms with Crippen LogP contribution in [-0.4, -0.2) is 60.1 Å². The number of carbonyl (C=O) groups excluding carboxylic acids is 3. The number of aliphatic hydroxyl groups is 1. The Morgan fingerprint density at radius 3 is 2.74 bits per heavy atom. The molecule has 2 bridgehead atoms. The summed E-state index contributed by atoms with van der Waals surface area (Å²) in [7, 11) is 1.46. The molecule has 0 spiro atoms. The summed E-state index contributed by atoms with van der Waals surface area (Å²) in [5, 5.41) is 11.5. The fraction of sp³-hybridized carbons (Fsp3) is 0.480. The first-order valence-electron chi connectivity index (χ1n) is 11.0. The van der Waals surface area contributed by atoms with Crippen LogP contribution in [0, 0.1) is 0 Å². The van der Waals surface area contributed by atoms with Gasteiger partial charge in [-0.05, 0) is 38.5 Å². The Kier molecular flexibility index (Phi) is 6.14. The van der Waals surface area contributed by atoms with Crippen LogP contribution in [0.25, 0.3) is 0 Å². The summed E-state index contributed by atoms with van der Waals surface area (Å²) in [4.78, 5) is 36.0. The zero-order chi connectivity index (χ0) is 24.7. The Balaban J connectivity index is 1.79. The number of esters is 2. The zero-order valence-corrected chi connectivity index (χ0v) is 19.6. The number of rotatable bonds is 6. The van der Waals surface area contributed by atoms with Crippen LogP contribution in [0.2, 0.25) is 0 Å². The molecule has 0 aliphatic carbocycles. The van der Waals surface area contributed by atoms with Crippen LogP contribution in [-0.2, 0) is 28.5 Å². The third-order valence-corrected chi connectivity index (χ3v) is 6.57. The summed E-state index contributed by atoms with van der Waals surface area (Å²) in [5.41, 5.74) is -1.59. The molecule has 1 aromatic carbocycles. The topological polar surface area (TPSA) is 118 Å². The van der Waals surface area contributed by atoms with Gasteiger partial charge in [-0.1, -0.05) is 12.1 Å². The minimum absolute atomic E-state index is 0.107. The van der Waals surface area contributed by atoms with E-state index in [1.807, 2.05) is 6.92 Å². The lowest BCUT2D eigenvalue weighted by atomic mass is 9.82. The van der Waals surface area contributed by atoms with E-state index in [4.69, 9.17) is 23.7 Å². The van der Waals surface area contributed by atoms with Crippen LogP contribution in [0.1, 0.15) is 50.4 Å². The number of carbonyl (C=O) groups is 3. The maximum absolute atomic E-state index is 12.9. The molecule has 9 nitrogen and oxygen atoms in total. The van der Waals surface area contributed by atoms with Crippen molar-refractivity contribution in [3.63, 3.8) is 0 Å². The van der Waals surface area contributed by atoms with Crippen molar-refractivity contribution >= 4 is 18.2 Å². The summed E-state index contributed by atoms with van der Waals surface area (Å²) in [6.45, 7) is 4.43. The van der Waals surface area contributed by atoms with Gasteiger partial charge in [-0.15, -0.1) is 0 Å². The molecule has 1 fully saturated rings. The van der Waals surface area contributed by atoms with Gasteiger partial charge >= 0.3 is 11.9 Å². The van der Waals surface area contributed by atoms with Crippen molar-refractivity contribution in [1.29, 1.82) is 0 Å². The summed E-state index contributed by atoms with van der Waals surface area (Å²) in [6, 6.07) is 6.49. The number of methoxy groups -OCH3 is 1. The van der Waals surface area contributed by atoms with Gasteiger partial charge in [0.2, 0.25) is 0 Å². The van der Waals surface area contributed by atoms with Crippen molar-refractivity contribution in [1.82, 2.24) is 0 Å². The minimum Gasteiger partial charge on any atom is -0.489 e. The molecule has 4 rings (SSSR count). The first-order chi connectivity index (χ1) is 16.0. The Bertz CT molecular complexity index is 1090. The van der Waals surface area contributed by atoms with E-state index in [-0.39, 0.29) is 24.4 Å². The number of benzene rings is 1. The van der Waals surface area contributed by atoms with Crippen molar-refractivity contribution < 1.29 is 43.2 Å². The van der Waals surface area contributed by atoms with Crippen molar-refractivity contribution in [3.8, 4) is 5.75 Å². The molecule has 0 saturated carbocycles. The molecule has 0 radical (unpaired) electrons. The minimum atomic E-state index is -1.58. The molecule has 3 heterocycles. The van der Waals surface area contributed by atoms with Gasteiger partial charge in [0.15, 0.2) is 5.79 Å². The van der Waals surface area contributed by atoms with Crippen molar-refractivity contribution in [2.24, 2.45) is 0 Å². The quantitative estimate of drug-likeness (QED) is 0.492. The number of aldehydes is 1. The molecular formula is C25H28O9. The van der Waals surface area contributed by atoms with Gasteiger partial charge in [0.1, 0.15) is 36.1 Å². The van der Waals surface area contributed by atoms with Crippen LogP contribution in [0.5, 0.6) is 5.75 Å². The Labute approximate surface area is 197 Å². The predicted octanol–water partition coefficient (Wildman–Crippen LogP) is 2.61. The van der Waals surface area contributed by atoms with E-state index in [2.05, 4.69) is 0 Å². The Morgan fingerprint density at radius 1 is 1.29 bits per heavy atom. The standard InChI is InChI=1S/C25H28O9/c1-15(27)32-20-12-24(3,29)25(30-4)9-8-23(2,34-25)11-19-21(20)18(22(28)33-19)14-31-17-7-5-6-16(10-17)13-26/h5-7,10-11,13,20,29H,8-9,12,14H2,1-4H3. The maximum Gasteiger partial charge on any atom is 0.343 e. The normalized spacial score (nSPS) is 32.7. The van der Waals surface area contributed by atoms with Crippen molar-refractivity contribution in [2.75, 3.05) is 13.7 Å². The predicted molar refractivity (Wildman–Crippen MR) is 118 cm³/mol. The lowest BCUT2D eigenvalue weighted by Crippen LogP contribution is -2.56. The SMILES string of the molecule is COC12CCC(C)(C=C3OC(=O)C(COc4cccc(C=O)c4)=C3C(OC(C)=O)CC1(C)O)O2. The molecule has 0 amide bonds. The van der Waals surface area contributed by atoms with Gasteiger partial charge in [-0.3, -0.25) is 9.59 Å². The molecule has 0 aromatic heterocycles. The smallest absolute Gasteiger partial charge is 0.343 e. The molecule has 3 aliphatic rings. The van der Waals surface area contributed by atoms with E-state index >= 15 is 0 Å². The second-order valence-electron chi connectivity index (χ2n) is 9.22. The van der Waals surface area contributed by atoms with E-state index in [0.717, 1.165) is 0 Å². The van der Waals surface area contributed by atoms with Crippen LogP contribution in [0.3, 0.4) is 0 Å². The second kappa shape index (κ2) is 8.65. The zero-order valence-electron chi connectivity index (χ0n) is 19.6. The first-order valence-corrected chi connectivity index (χ1v) is 11.0. The molecule has 4 atom stereocenters. The van der Waals surface area contributed by atoms with Gasteiger partial charge in [0.05, 0.1) is 11.2 Å². The summed E-state index contributed by atoms with van der Waals surface area (Å²) in [6.07, 6.45) is 2.12. The molecule has 4 unspecified atom stereocenters. The van der Waals surface area contributed by atoms with Crippen molar-refractivity contribution in [3.05, 3.63) is 52.8 Å². The summed E-state index contributed by atoms with van der Waals surface area (Å²) < 4.78 is 28.9. The summed E-state index contributed by atoms with van der Waals surface area (Å²) in [5.74, 6) is -2.00. The summed E-state index contributed by atoms with van der Waals surface area (Å²) >= 11 is 0. The highest BCUT2D eigenvalue weighted by molar-refractivity contribution is 5.95. The van der Waals surface area contributed by atoms with Gasteiger partial charge < -0.3 is 28.8 Å². The number of ether oxygens (including phenoxy) is 5. The molecule has 3 aliphatic heterocycles. The van der Waals surface area contributed by atoms with Gasteiger partial charge in [-0.2, -0.15) is 0 Å².